The molecule has 19 heavy (non-hydrogen) atoms. The fourth-order valence-corrected chi connectivity index (χ4v) is 2.90. The number of nitrogens with zero attached hydrogens (tertiary/aromatic N) is 1. The summed E-state index contributed by atoms with van der Waals surface area (Å²) in [5.41, 5.74) is 0.905. The Morgan fingerprint density at radius 3 is 3.11 bits per heavy atom. The third kappa shape index (κ3) is 4.39. The minimum atomic E-state index is -0.0943. The van der Waals surface area contributed by atoms with Gasteiger partial charge < -0.3 is 15.4 Å². The lowest BCUT2D eigenvalue weighted by Gasteiger charge is -2.03. The van der Waals surface area contributed by atoms with Gasteiger partial charge in [0.05, 0.1) is 23.7 Å². The van der Waals surface area contributed by atoms with Crippen LogP contribution in [0.5, 0.6) is 0 Å². The van der Waals surface area contributed by atoms with Crippen LogP contribution < -0.4 is 10.6 Å². The third-order valence-electron chi connectivity index (χ3n) is 2.29. The number of thiazole rings is 1. The molecule has 7 heteroatoms. The van der Waals surface area contributed by atoms with Crippen molar-refractivity contribution in [3.63, 3.8) is 0 Å². The number of nitrogens with one attached hydrogen (secondary N) is 2. The van der Waals surface area contributed by atoms with Crippen molar-refractivity contribution >= 4 is 33.7 Å². The van der Waals surface area contributed by atoms with Gasteiger partial charge >= 0.3 is 0 Å². The van der Waals surface area contributed by atoms with Crippen molar-refractivity contribution in [3.05, 3.63) is 22.9 Å². The molecule has 102 valence electrons. The molecule has 0 bridgehead atoms. The Morgan fingerprint density at radius 2 is 2.37 bits per heavy atom. The van der Waals surface area contributed by atoms with E-state index in [-0.39, 0.29) is 12.5 Å². The number of rotatable bonds is 7. The molecule has 0 atom stereocenters. The second kappa shape index (κ2) is 7.34. The summed E-state index contributed by atoms with van der Waals surface area (Å²) in [7, 11) is 1.63. The summed E-state index contributed by atoms with van der Waals surface area (Å²) >= 11 is 3.06. The van der Waals surface area contributed by atoms with Gasteiger partial charge in [-0.3, -0.25) is 4.79 Å². The zero-order chi connectivity index (χ0) is 13.5. The first-order chi connectivity index (χ1) is 9.29. The Hall–Kier alpha value is -1.28. The maximum absolute atomic E-state index is 11.6. The Bertz CT molecular complexity index is 511. The summed E-state index contributed by atoms with van der Waals surface area (Å²) in [6.07, 6.45) is 0. The molecule has 0 radical (unpaired) electrons. The highest BCUT2D eigenvalue weighted by molar-refractivity contribution is 7.16. The number of thiophene rings is 1. The van der Waals surface area contributed by atoms with E-state index in [1.54, 1.807) is 18.4 Å². The van der Waals surface area contributed by atoms with Crippen molar-refractivity contribution in [1.29, 1.82) is 0 Å². The molecule has 0 aromatic carbocycles. The first-order valence-corrected chi connectivity index (χ1v) is 7.54. The molecular formula is C12H15N3O2S2. The molecule has 0 spiro atoms. The van der Waals surface area contributed by atoms with Crippen molar-refractivity contribution in [2.45, 2.75) is 0 Å². The SMILES string of the molecule is COCCNCC(=O)Nc1nc(-c2cccs2)cs1. The van der Waals surface area contributed by atoms with E-state index in [2.05, 4.69) is 15.6 Å². The lowest BCUT2D eigenvalue weighted by Crippen LogP contribution is -2.30. The van der Waals surface area contributed by atoms with Crippen molar-refractivity contribution in [3.8, 4) is 10.6 Å². The van der Waals surface area contributed by atoms with Gasteiger partial charge in [0.25, 0.3) is 0 Å². The topological polar surface area (TPSA) is 63.2 Å². The fraction of sp³-hybridized carbons (Fsp3) is 0.333. The molecule has 2 aromatic heterocycles. The van der Waals surface area contributed by atoms with Crippen LogP contribution in [0.2, 0.25) is 0 Å². The summed E-state index contributed by atoms with van der Waals surface area (Å²) < 4.78 is 4.88. The van der Waals surface area contributed by atoms with Gasteiger partial charge in [0.2, 0.25) is 5.91 Å². The molecule has 0 saturated carbocycles. The summed E-state index contributed by atoms with van der Waals surface area (Å²) in [6, 6.07) is 3.99. The van der Waals surface area contributed by atoms with Crippen LogP contribution in [0.1, 0.15) is 0 Å². The van der Waals surface area contributed by atoms with Gasteiger partial charge in [0.1, 0.15) is 0 Å². The van der Waals surface area contributed by atoms with Crippen LogP contribution >= 0.6 is 22.7 Å². The maximum atomic E-state index is 11.6. The predicted octanol–water partition coefficient (Wildman–Crippen LogP) is 2.05. The molecule has 0 aliphatic rings. The van der Waals surface area contributed by atoms with E-state index in [4.69, 9.17) is 4.74 Å². The molecular weight excluding hydrogens is 282 g/mol. The number of amides is 1. The highest BCUT2D eigenvalue weighted by Gasteiger charge is 2.08. The Kier molecular flexibility index (Phi) is 5.46. The van der Waals surface area contributed by atoms with Crippen LogP contribution in [0, 0.1) is 0 Å². The average molecular weight is 297 g/mol. The van der Waals surface area contributed by atoms with Crippen LogP contribution in [-0.4, -0.2) is 37.7 Å². The van der Waals surface area contributed by atoms with Gasteiger partial charge in [-0.2, -0.15) is 0 Å². The number of carbonyl (C=O) groups is 1. The second-order valence-electron chi connectivity index (χ2n) is 3.73. The highest BCUT2D eigenvalue weighted by atomic mass is 32.1. The van der Waals surface area contributed by atoms with E-state index < -0.39 is 0 Å². The normalized spacial score (nSPS) is 10.6. The Morgan fingerprint density at radius 1 is 1.47 bits per heavy atom. The summed E-state index contributed by atoms with van der Waals surface area (Å²) in [5, 5.41) is 10.3. The van der Waals surface area contributed by atoms with Crippen molar-refractivity contribution in [2.24, 2.45) is 0 Å². The Labute approximate surface area is 119 Å². The van der Waals surface area contributed by atoms with E-state index >= 15 is 0 Å². The first-order valence-electron chi connectivity index (χ1n) is 5.78. The summed E-state index contributed by atoms with van der Waals surface area (Å²) in [4.78, 5) is 17.1. The van der Waals surface area contributed by atoms with E-state index in [1.807, 2.05) is 22.9 Å². The van der Waals surface area contributed by atoms with Crippen LogP contribution in [0.3, 0.4) is 0 Å². The van der Waals surface area contributed by atoms with E-state index in [0.717, 1.165) is 10.6 Å². The molecule has 0 aliphatic heterocycles. The summed E-state index contributed by atoms with van der Waals surface area (Å²) in [6.45, 7) is 1.51. The van der Waals surface area contributed by atoms with Crippen LogP contribution in [0.4, 0.5) is 5.13 Å². The number of methoxy groups -OCH3 is 1. The van der Waals surface area contributed by atoms with Gasteiger partial charge in [-0.05, 0) is 11.4 Å². The molecule has 0 saturated heterocycles. The van der Waals surface area contributed by atoms with Gasteiger partial charge in [-0.15, -0.1) is 22.7 Å². The molecule has 0 aliphatic carbocycles. The molecule has 2 N–H and O–H groups in total. The van der Waals surface area contributed by atoms with Gasteiger partial charge in [0.15, 0.2) is 5.13 Å². The van der Waals surface area contributed by atoms with Crippen LogP contribution in [0.15, 0.2) is 22.9 Å². The first kappa shape index (κ1) is 14.1. The smallest absolute Gasteiger partial charge is 0.240 e. The number of hydrogen-bond acceptors (Lipinski definition) is 6. The molecule has 2 heterocycles. The zero-order valence-corrected chi connectivity index (χ0v) is 12.1. The van der Waals surface area contributed by atoms with Crippen molar-refractivity contribution < 1.29 is 9.53 Å². The van der Waals surface area contributed by atoms with Crippen LogP contribution in [0.25, 0.3) is 10.6 Å². The van der Waals surface area contributed by atoms with Crippen molar-refractivity contribution in [1.82, 2.24) is 10.3 Å². The monoisotopic (exact) mass is 297 g/mol. The largest absolute Gasteiger partial charge is 0.383 e. The number of hydrogen-bond donors (Lipinski definition) is 2. The maximum Gasteiger partial charge on any atom is 0.240 e. The Balaban J connectivity index is 1.81. The highest BCUT2D eigenvalue weighted by Crippen LogP contribution is 2.28. The van der Waals surface area contributed by atoms with E-state index in [0.29, 0.717) is 18.3 Å². The lowest BCUT2D eigenvalue weighted by molar-refractivity contribution is -0.115. The molecule has 2 aromatic rings. The predicted molar refractivity (Wildman–Crippen MR) is 78.8 cm³/mol. The molecule has 5 nitrogen and oxygen atoms in total. The molecule has 0 fully saturated rings. The van der Waals surface area contributed by atoms with Gasteiger partial charge in [-0.1, -0.05) is 6.07 Å². The van der Waals surface area contributed by atoms with E-state index in [1.165, 1.54) is 11.3 Å². The molecule has 0 unspecified atom stereocenters. The lowest BCUT2D eigenvalue weighted by atomic mass is 10.4. The van der Waals surface area contributed by atoms with Crippen molar-refractivity contribution in [2.75, 3.05) is 32.1 Å². The molecule has 2 rings (SSSR count). The number of anilines is 1. The van der Waals surface area contributed by atoms with Gasteiger partial charge in [0, 0.05) is 19.0 Å². The third-order valence-corrected chi connectivity index (χ3v) is 3.94. The van der Waals surface area contributed by atoms with E-state index in [9.17, 15) is 4.79 Å². The minimum absolute atomic E-state index is 0.0943. The van der Waals surface area contributed by atoms with Crippen LogP contribution in [-0.2, 0) is 9.53 Å². The quantitative estimate of drug-likeness (QED) is 0.768. The number of carbonyl (C=O) groups excluding carboxylic acids is 1. The van der Waals surface area contributed by atoms with Gasteiger partial charge in [-0.25, -0.2) is 4.98 Å². The second-order valence-corrected chi connectivity index (χ2v) is 5.54. The fourth-order valence-electron chi connectivity index (χ4n) is 1.41. The standard InChI is InChI=1S/C12H15N3O2S2/c1-17-5-4-13-7-11(16)15-12-14-9(8-19-12)10-3-2-6-18-10/h2-3,6,8,13H,4-5,7H2,1H3,(H,14,15,16). The molecule has 1 amide bonds. The average Bonchev–Trinajstić information content (AvgIpc) is 3.04. The zero-order valence-electron chi connectivity index (χ0n) is 10.5. The summed E-state index contributed by atoms with van der Waals surface area (Å²) in [5.74, 6) is -0.0943. The number of ether oxygens (including phenoxy) is 1. The number of aromatic nitrogens is 1. The minimum Gasteiger partial charge on any atom is -0.383 e.